The molecule has 3 rings (SSSR count). The van der Waals surface area contributed by atoms with Crippen LogP contribution in [0.1, 0.15) is 67.3 Å². The second-order valence-electron chi connectivity index (χ2n) is 7.95. The van der Waals surface area contributed by atoms with Gasteiger partial charge >= 0.3 is 5.97 Å². The zero-order valence-corrected chi connectivity index (χ0v) is 17.2. The minimum Gasteiger partial charge on any atom is -0.490 e. The molecule has 1 aliphatic rings. The fourth-order valence-corrected chi connectivity index (χ4v) is 4.20. The molecule has 2 aromatic carbocycles. The van der Waals surface area contributed by atoms with Crippen molar-refractivity contribution < 1.29 is 14.3 Å². The highest BCUT2D eigenvalue weighted by molar-refractivity contribution is 5.91. The maximum Gasteiger partial charge on any atom is 0.338 e. The monoisotopic (exact) mass is 396 g/mol. The van der Waals surface area contributed by atoms with Crippen molar-refractivity contribution in [1.29, 1.82) is 0 Å². The highest BCUT2D eigenvalue weighted by Gasteiger charge is 2.21. The SMILES string of the molecule is CCCC1CCC(c2ccc(OCCOC(=O)c3cc(N)cc(N)c3)cc2)CC1. The first-order valence-electron chi connectivity index (χ1n) is 10.6. The molecule has 0 spiro atoms. The number of esters is 1. The maximum absolute atomic E-state index is 12.1. The van der Waals surface area contributed by atoms with Crippen molar-refractivity contribution in [3.63, 3.8) is 0 Å². The van der Waals surface area contributed by atoms with Crippen LogP contribution in [0.15, 0.2) is 42.5 Å². The number of anilines is 2. The summed E-state index contributed by atoms with van der Waals surface area (Å²) in [4.78, 5) is 12.1. The number of hydrogen-bond acceptors (Lipinski definition) is 5. The summed E-state index contributed by atoms with van der Waals surface area (Å²) in [7, 11) is 0. The number of benzene rings is 2. The van der Waals surface area contributed by atoms with Crippen molar-refractivity contribution in [2.24, 2.45) is 5.92 Å². The molecular weight excluding hydrogens is 364 g/mol. The quantitative estimate of drug-likeness (QED) is 0.365. The molecular formula is C24H32N2O3. The van der Waals surface area contributed by atoms with Crippen LogP contribution < -0.4 is 16.2 Å². The summed E-state index contributed by atoms with van der Waals surface area (Å²) in [6.45, 7) is 2.74. The van der Waals surface area contributed by atoms with Crippen molar-refractivity contribution in [3.05, 3.63) is 53.6 Å². The van der Waals surface area contributed by atoms with E-state index >= 15 is 0 Å². The lowest BCUT2D eigenvalue weighted by atomic mass is 9.77. The normalized spacial score (nSPS) is 18.9. The Balaban J connectivity index is 1.41. The van der Waals surface area contributed by atoms with Crippen LogP contribution in [0.2, 0.25) is 0 Å². The van der Waals surface area contributed by atoms with Gasteiger partial charge in [0.25, 0.3) is 0 Å². The molecule has 156 valence electrons. The molecule has 5 heteroatoms. The molecule has 0 atom stereocenters. The zero-order chi connectivity index (χ0) is 20.6. The predicted octanol–water partition coefficient (Wildman–Crippen LogP) is 5.16. The molecule has 0 heterocycles. The Kier molecular flexibility index (Phi) is 7.39. The largest absolute Gasteiger partial charge is 0.490 e. The standard InChI is InChI=1S/C24H32N2O3/c1-2-3-17-4-6-18(7-5-17)19-8-10-23(11-9-19)28-12-13-29-24(27)20-14-21(25)16-22(26)15-20/h8-11,14-18H,2-7,12-13,25-26H2,1H3. The van der Waals surface area contributed by atoms with Crippen LogP contribution >= 0.6 is 0 Å². The van der Waals surface area contributed by atoms with Crippen molar-refractivity contribution in [1.82, 2.24) is 0 Å². The van der Waals surface area contributed by atoms with Crippen molar-refractivity contribution in [2.75, 3.05) is 24.7 Å². The number of rotatable bonds is 8. The van der Waals surface area contributed by atoms with Gasteiger partial charge in [-0.15, -0.1) is 0 Å². The van der Waals surface area contributed by atoms with E-state index in [1.807, 2.05) is 12.1 Å². The lowest BCUT2D eigenvalue weighted by Gasteiger charge is -2.28. The first kappa shape index (κ1) is 21.0. The number of ether oxygens (including phenoxy) is 2. The van der Waals surface area contributed by atoms with Gasteiger partial charge in [-0.25, -0.2) is 4.79 Å². The van der Waals surface area contributed by atoms with Gasteiger partial charge in [0.2, 0.25) is 0 Å². The summed E-state index contributed by atoms with van der Waals surface area (Å²) in [5.41, 5.74) is 14.0. The van der Waals surface area contributed by atoms with E-state index in [9.17, 15) is 4.79 Å². The van der Waals surface area contributed by atoms with Gasteiger partial charge in [0, 0.05) is 11.4 Å². The third-order valence-electron chi connectivity index (χ3n) is 5.69. The molecule has 0 unspecified atom stereocenters. The van der Waals surface area contributed by atoms with Crippen molar-refractivity contribution >= 4 is 17.3 Å². The summed E-state index contributed by atoms with van der Waals surface area (Å²) >= 11 is 0. The zero-order valence-electron chi connectivity index (χ0n) is 17.2. The number of carbonyl (C=O) groups is 1. The van der Waals surface area contributed by atoms with Gasteiger partial charge in [-0.3, -0.25) is 0 Å². The van der Waals surface area contributed by atoms with E-state index in [1.165, 1.54) is 44.1 Å². The van der Waals surface area contributed by atoms with Gasteiger partial charge in [0.15, 0.2) is 0 Å². The minimum atomic E-state index is -0.457. The van der Waals surface area contributed by atoms with Crippen molar-refractivity contribution in [2.45, 2.75) is 51.4 Å². The fourth-order valence-electron chi connectivity index (χ4n) is 4.20. The topological polar surface area (TPSA) is 87.6 Å². The number of carbonyl (C=O) groups excluding carboxylic acids is 1. The Morgan fingerprint density at radius 3 is 2.24 bits per heavy atom. The van der Waals surface area contributed by atoms with E-state index < -0.39 is 5.97 Å². The van der Waals surface area contributed by atoms with Gasteiger partial charge in [-0.1, -0.05) is 31.9 Å². The third-order valence-corrected chi connectivity index (χ3v) is 5.69. The second kappa shape index (κ2) is 10.2. The lowest BCUT2D eigenvalue weighted by Crippen LogP contribution is -2.14. The van der Waals surface area contributed by atoms with E-state index in [1.54, 1.807) is 18.2 Å². The highest BCUT2D eigenvalue weighted by atomic mass is 16.6. The maximum atomic E-state index is 12.1. The fraction of sp³-hybridized carbons (Fsp3) is 0.458. The molecule has 1 fully saturated rings. The first-order valence-corrected chi connectivity index (χ1v) is 10.6. The van der Waals surface area contributed by atoms with Crippen LogP contribution in [0.5, 0.6) is 5.75 Å². The molecule has 0 bridgehead atoms. The van der Waals surface area contributed by atoms with E-state index in [4.69, 9.17) is 20.9 Å². The van der Waals surface area contributed by atoms with Crippen LogP contribution in [0.4, 0.5) is 11.4 Å². The van der Waals surface area contributed by atoms with Crippen LogP contribution in [0.25, 0.3) is 0 Å². The average molecular weight is 397 g/mol. The van der Waals surface area contributed by atoms with Crippen LogP contribution in [-0.4, -0.2) is 19.2 Å². The number of nitrogen functional groups attached to an aromatic ring is 2. The molecule has 0 radical (unpaired) electrons. The Labute approximate surface area is 173 Å². The third kappa shape index (κ3) is 6.14. The summed E-state index contributed by atoms with van der Waals surface area (Å²) in [5.74, 6) is 1.92. The Bertz CT molecular complexity index is 776. The van der Waals surface area contributed by atoms with Gasteiger partial charge in [0.05, 0.1) is 5.56 Å². The predicted molar refractivity (Wildman–Crippen MR) is 117 cm³/mol. The summed E-state index contributed by atoms with van der Waals surface area (Å²) in [6.07, 6.45) is 7.94. The average Bonchev–Trinajstić information content (AvgIpc) is 2.72. The first-order chi connectivity index (χ1) is 14.0. The molecule has 0 amide bonds. The van der Waals surface area contributed by atoms with Crippen LogP contribution in [0.3, 0.4) is 0 Å². The number of hydrogen-bond donors (Lipinski definition) is 2. The molecule has 29 heavy (non-hydrogen) atoms. The van der Waals surface area contributed by atoms with Crippen molar-refractivity contribution in [3.8, 4) is 5.75 Å². The molecule has 1 aliphatic carbocycles. The van der Waals surface area contributed by atoms with E-state index in [2.05, 4.69) is 19.1 Å². The Morgan fingerprint density at radius 1 is 0.966 bits per heavy atom. The summed E-state index contributed by atoms with van der Waals surface area (Å²) in [6, 6.07) is 13.0. The highest BCUT2D eigenvalue weighted by Crippen LogP contribution is 2.37. The van der Waals surface area contributed by atoms with E-state index in [-0.39, 0.29) is 6.61 Å². The molecule has 0 saturated heterocycles. The summed E-state index contributed by atoms with van der Waals surface area (Å²) < 4.78 is 10.9. The Hall–Kier alpha value is -2.69. The minimum absolute atomic E-state index is 0.163. The van der Waals surface area contributed by atoms with E-state index in [0.29, 0.717) is 29.5 Å². The van der Waals surface area contributed by atoms with Gasteiger partial charge < -0.3 is 20.9 Å². The van der Waals surface area contributed by atoms with Gasteiger partial charge in [0.1, 0.15) is 19.0 Å². The van der Waals surface area contributed by atoms with Crippen LogP contribution in [-0.2, 0) is 4.74 Å². The lowest BCUT2D eigenvalue weighted by molar-refractivity contribution is 0.0450. The van der Waals surface area contributed by atoms with Crippen LogP contribution in [0, 0.1) is 5.92 Å². The molecule has 1 saturated carbocycles. The molecule has 0 aliphatic heterocycles. The van der Waals surface area contributed by atoms with E-state index in [0.717, 1.165) is 11.7 Å². The molecule has 5 nitrogen and oxygen atoms in total. The van der Waals surface area contributed by atoms with Gasteiger partial charge in [-0.2, -0.15) is 0 Å². The second-order valence-corrected chi connectivity index (χ2v) is 7.95. The smallest absolute Gasteiger partial charge is 0.338 e. The molecule has 0 aromatic heterocycles. The Morgan fingerprint density at radius 2 is 1.62 bits per heavy atom. The van der Waals surface area contributed by atoms with Gasteiger partial charge in [-0.05, 0) is 73.4 Å². The molecule has 2 aromatic rings. The molecule has 4 N–H and O–H groups in total. The number of nitrogens with two attached hydrogens (primary N) is 2. The summed E-state index contributed by atoms with van der Waals surface area (Å²) in [5, 5.41) is 0.